The summed E-state index contributed by atoms with van der Waals surface area (Å²) in [6, 6.07) is 7.86. The van der Waals surface area contributed by atoms with E-state index in [-0.39, 0.29) is 12.6 Å². The normalized spacial score (nSPS) is 14.6. The second kappa shape index (κ2) is 5.43. The third kappa shape index (κ3) is 2.84. The third-order valence-corrected chi connectivity index (χ3v) is 3.85. The summed E-state index contributed by atoms with van der Waals surface area (Å²) >= 11 is 1.59. The fourth-order valence-corrected chi connectivity index (χ4v) is 2.55. The van der Waals surface area contributed by atoms with Crippen LogP contribution in [-0.4, -0.2) is 28.6 Å². The molecule has 18 heavy (non-hydrogen) atoms. The summed E-state index contributed by atoms with van der Waals surface area (Å²) in [5.74, 6) is -0.723. The molecule has 0 bridgehead atoms. The predicted molar refractivity (Wildman–Crippen MR) is 71.2 cm³/mol. The Kier molecular flexibility index (Phi) is 3.90. The van der Waals surface area contributed by atoms with Crippen molar-refractivity contribution < 1.29 is 9.90 Å². The van der Waals surface area contributed by atoms with Crippen LogP contribution in [0.3, 0.4) is 0 Å². The topological polar surface area (TPSA) is 88.2 Å². The van der Waals surface area contributed by atoms with Crippen molar-refractivity contribution in [1.82, 2.24) is 10.3 Å². The number of rotatable bonds is 5. The van der Waals surface area contributed by atoms with Crippen molar-refractivity contribution in [3.63, 3.8) is 0 Å². The summed E-state index contributed by atoms with van der Waals surface area (Å²) in [6.45, 7) is 2.07. The van der Waals surface area contributed by atoms with E-state index in [9.17, 15) is 9.90 Å². The van der Waals surface area contributed by atoms with Crippen molar-refractivity contribution >= 4 is 27.5 Å². The Labute approximate surface area is 109 Å². The molecular formula is C12H15N3O2S. The van der Waals surface area contributed by atoms with Gasteiger partial charge in [0.25, 0.3) is 0 Å². The lowest BCUT2D eigenvalue weighted by Gasteiger charge is -2.12. The number of nitrogens with one attached hydrogen (secondary N) is 1. The van der Waals surface area contributed by atoms with E-state index in [1.807, 2.05) is 31.2 Å². The van der Waals surface area contributed by atoms with Gasteiger partial charge in [-0.15, -0.1) is 11.3 Å². The number of benzene rings is 1. The number of aliphatic hydroxyl groups is 1. The van der Waals surface area contributed by atoms with Gasteiger partial charge in [0.1, 0.15) is 11.1 Å². The van der Waals surface area contributed by atoms with Crippen LogP contribution in [0.2, 0.25) is 0 Å². The zero-order valence-corrected chi connectivity index (χ0v) is 10.8. The van der Waals surface area contributed by atoms with Gasteiger partial charge >= 0.3 is 0 Å². The number of thiazole rings is 1. The van der Waals surface area contributed by atoms with Gasteiger partial charge in [-0.05, 0) is 19.1 Å². The largest absolute Gasteiger partial charge is 0.382 e. The van der Waals surface area contributed by atoms with Gasteiger partial charge < -0.3 is 16.2 Å². The maximum Gasteiger partial charge on any atom is 0.247 e. The highest BCUT2D eigenvalue weighted by molar-refractivity contribution is 7.18. The highest BCUT2D eigenvalue weighted by atomic mass is 32.1. The SMILES string of the molecule is CC(NCC(O)C(N)=O)c1nc2ccccc2s1. The first-order valence-corrected chi connectivity index (χ1v) is 6.46. The van der Waals surface area contributed by atoms with Crippen molar-refractivity contribution in [3.8, 4) is 0 Å². The first kappa shape index (κ1) is 12.9. The van der Waals surface area contributed by atoms with E-state index in [2.05, 4.69) is 10.3 Å². The van der Waals surface area contributed by atoms with Crippen molar-refractivity contribution in [2.24, 2.45) is 5.73 Å². The number of primary amides is 1. The molecule has 2 atom stereocenters. The predicted octanol–water partition coefficient (Wildman–Crippen LogP) is 0.793. The van der Waals surface area contributed by atoms with Gasteiger partial charge in [-0.3, -0.25) is 4.79 Å². The number of hydrogen-bond acceptors (Lipinski definition) is 5. The number of para-hydroxylation sites is 1. The molecule has 6 heteroatoms. The van der Waals surface area contributed by atoms with Gasteiger partial charge in [0, 0.05) is 6.54 Å². The number of carbonyl (C=O) groups excluding carboxylic acids is 1. The Balaban J connectivity index is 2.04. The lowest BCUT2D eigenvalue weighted by Crippen LogP contribution is -2.38. The molecular weight excluding hydrogens is 250 g/mol. The molecule has 0 aliphatic carbocycles. The van der Waals surface area contributed by atoms with Crippen LogP contribution in [0, 0.1) is 0 Å². The van der Waals surface area contributed by atoms with Crippen molar-refractivity contribution in [2.75, 3.05) is 6.54 Å². The molecule has 4 N–H and O–H groups in total. The highest BCUT2D eigenvalue weighted by Gasteiger charge is 2.15. The number of nitrogens with two attached hydrogens (primary N) is 1. The smallest absolute Gasteiger partial charge is 0.247 e. The maximum absolute atomic E-state index is 10.7. The number of carbonyl (C=O) groups is 1. The number of fused-ring (bicyclic) bond motifs is 1. The lowest BCUT2D eigenvalue weighted by atomic mass is 10.3. The van der Waals surface area contributed by atoms with Crippen molar-refractivity contribution in [2.45, 2.75) is 19.1 Å². The van der Waals surface area contributed by atoms with E-state index in [0.717, 1.165) is 15.2 Å². The fourth-order valence-electron chi connectivity index (χ4n) is 1.55. The second-order valence-corrected chi connectivity index (χ2v) is 5.13. The summed E-state index contributed by atoms with van der Waals surface area (Å²) in [5.41, 5.74) is 5.94. The van der Waals surface area contributed by atoms with E-state index >= 15 is 0 Å². The Hall–Kier alpha value is -1.50. The molecule has 0 saturated heterocycles. The van der Waals surface area contributed by atoms with E-state index in [0.29, 0.717) is 0 Å². The average molecular weight is 265 g/mol. The zero-order chi connectivity index (χ0) is 13.1. The van der Waals surface area contributed by atoms with Crippen LogP contribution in [0.1, 0.15) is 18.0 Å². The minimum Gasteiger partial charge on any atom is -0.382 e. The minimum absolute atomic E-state index is 0.0311. The van der Waals surface area contributed by atoms with Gasteiger partial charge in [0.05, 0.1) is 16.3 Å². The van der Waals surface area contributed by atoms with Gasteiger partial charge in [-0.2, -0.15) is 0 Å². The molecule has 1 amide bonds. The molecule has 1 aromatic carbocycles. The van der Waals surface area contributed by atoms with Crippen LogP contribution in [0.5, 0.6) is 0 Å². The van der Waals surface area contributed by atoms with E-state index in [1.165, 1.54) is 0 Å². The molecule has 0 aliphatic rings. The van der Waals surface area contributed by atoms with Crippen LogP contribution in [0.4, 0.5) is 0 Å². The summed E-state index contributed by atoms with van der Waals surface area (Å²) in [6.07, 6.45) is -1.16. The number of aliphatic hydroxyl groups excluding tert-OH is 1. The Morgan fingerprint density at radius 2 is 2.28 bits per heavy atom. The molecule has 2 unspecified atom stereocenters. The lowest BCUT2D eigenvalue weighted by molar-refractivity contribution is -0.125. The molecule has 1 aromatic heterocycles. The standard InChI is InChI=1S/C12H15N3O2S/c1-7(14-6-9(16)11(13)17)12-15-8-4-2-3-5-10(8)18-12/h2-5,7,9,14,16H,6H2,1H3,(H2,13,17). The van der Waals surface area contributed by atoms with Gasteiger partial charge in [0.15, 0.2) is 0 Å². The van der Waals surface area contributed by atoms with Crippen molar-refractivity contribution in [1.29, 1.82) is 0 Å². The van der Waals surface area contributed by atoms with Crippen molar-refractivity contribution in [3.05, 3.63) is 29.3 Å². The summed E-state index contributed by atoms with van der Waals surface area (Å²) in [7, 11) is 0. The molecule has 0 aliphatic heterocycles. The molecule has 0 saturated carbocycles. The average Bonchev–Trinajstić information content (AvgIpc) is 2.79. The Morgan fingerprint density at radius 1 is 1.56 bits per heavy atom. The van der Waals surface area contributed by atoms with Crippen LogP contribution in [0.15, 0.2) is 24.3 Å². The number of amides is 1. The van der Waals surface area contributed by atoms with Crippen LogP contribution >= 0.6 is 11.3 Å². The van der Waals surface area contributed by atoms with E-state index in [4.69, 9.17) is 5.73 Å². The number of hydrogen-bond donors (Lipinski definition) is 3. The third-order valence-electron chi connectivity index (χ3n) is 2.63. The maximum atomic E-state index is 10.7. The fraction of sp³-hybridized carbons (Fsp3) is 0.333. The zero-order valence-electron chi connectivity index (χ0n) is 9.96. The Bertz CT molecular complexity index is 522. The van der Waals surface area contributed by atoms with E-state index < -0.39 is 12.0 Å². The molecule has 2 aromatic rings. The monoisotopic (exact) mass is 265 g/mol. The Morgan fingerprint density at radius 3 is 2.94 bits per heavy atom. The summed E-state index contributed by atoms with van der Waals surface area (Å²) in [4.78, 5) is 15.2. The molecule has 5 nitrogen and oxygen atoms in total. The summed E-state index contributed by atoms with van der Waals surface area (Å²) < 4.78 is 1.12. The second-order valence-electron chi connectivity index (χ2n) is 4.07. The number of nitrogens with zero attached hydrogens (tertiary/aromatic N) is 1. The molecule has 0 spiro atoms. The first-order valence-electron chi connectivity index (χ1n) is 5.64. The van der Waals surface area contributed by atoms with Crippen LogP contribution in [0.25, 0.3) is 10.2 Å². The molecule has 0 radical (unpaired) electrons. The molecule has 96 valence electrons. The molecule has 0 fully saturated rings. The quantitative estimate of drug-likeness (QED) is 0.746. The van der Waals surface area contributed by atoms with Gasteiger partial charge in [0.2, 0.25) is 5.91 Å². The molecule has 1 heterocycles. The minimum atomic E-state index is -1.16. The van der Waals surface area contributed by atoms with Crippen LogP contribution in [-0.2, 0) is 4.79 Å². The number of aromatic nitrogens is 1. The van der Waals surface area contributed by atoms with E-state index in [1.54, 1.807) is 11.3 Å². The summed E-state index contributed by atoms with van der Waals surface area (Å²) in [5, 5.41) is 13.3. The van der Waals surface area contributed by atoms with Gasteiger partial charge in [-0.1, -0.05) is 12.1 Å². The first-order chi connectivity index (χ1) is 8.58. The highest BCUT2D eigenvalue weighted by Crippen LogP contribution is 2.25. The van der Waals surface area contributed by atoms with Crippen LogP contribution < -0.4 is 11.1 Å². The van der Waals surface area contributed by atoms with Gasteiger partial charge in [-0.25, -0.2) is 4.98 Å². The molecule has 2 rings (SSSR count).